The number of carbonyl (C=O) groups is 3. The standard InChI is InChI=1S/C8H14N2O6/c1-3(6(10)8(14)15)16-5(11)2-4(9)7(12)13/h3-4,6H,2,9-10H2,1H3,(H,12,13)(H,14,15)/t3-,4+,6+/m1/s1. The largest absolute Gasteiger partial charge is 0.480 e. The van der Waals surface area contributed by atoms with E-state index in [2.05, 4.69) is 4.74 Å². The second-order valence-electron chi connectivity index (χ2n) is 3.21. The molecule has 0 unspecified atom stereocenters. The molecule has 0 fully saturated rings. The topological polar surface area (TPSA) is 153 Å². The molecule has 0 aromatic heterocycles. The summed E-state index contributed by atoms with van der Waals surface area (Å²) in [4.78, 5) is 31.8. The fraction of sp³-hybridized carbons (Fsp3) is 0.625. The summed E-state index contributed by atoms with van der Waals surface area (Å²) in [5, 5.41) is 16.9. The number of esters is 1. The van der Waals surface area contributed by atoms with E-state index < -0.39 is 42.5 Å². The second-order valence-corrected chi connectivity index (χ2v) is 3.21. The smallest absolute Gasteiger partial charge is 0.324 e. The van der Waals surface area contributed by atoms with Crippen LogP contribution in [0.25, 0.3) is 0 Å². The molecule has 8 nitrogen and oxygen atoms in total. The van der Waals surface area contributed by atoms with Crippen molar-refractivity contribution in [3.63, 3.8) is 0 Å². The molecule has 0 saturated heterocycles. The number of nitrogens with two attached hydrogens (primary N) is 2. The van der Waals surface area contributed by atoms with E-state index in [1.165, 1.54) is 6.92 Å². The minimum atomic E-state index is -1.37. The number of carboxylic acid groups (broad SMARTS) is 2. The summed E-state index contributed by atoms with van der Waals surface area (Å²) in [6, 6.07) is -2.73. The van der Waals surface area contributed by atoms with E-state index in [1.54, 1.807) is 0 Å². The number of hydrogen-bond acceptors (Lipinski definition) is 6. The van der Waals surface area contributed by atoms with Crippen LogP contribution in [0.5, 0.6) is 0 Å². The fourth-order valence-electron chi connectivity index (χ4n) is 0.796. The highest BCUT2D eigenvalue weighted by Crippen LogP contribution is 2.01. The highest BCUT2D eigenvalue weighted by molar-refractivity contribution is 5.81. The van der Waals surface area contributed by atoms with Gasteiger partial charge in [-0.15, -0.1) is 0 Å². The third kappa shape index (κ3) is 4.71. The molecule has 0 aliphatic heterocycles. The van der Waals surface area contributed by atoms with Crippen LogP contribution in [0.2, 0.25) is 0 Å². The van der Waals surface area contributed by atoms with Gasteiger partial charge in [0.25, 0.3) is 0 Å². The first kappa shape index (κ1) is 14.3. The maximum atomic E-state index is 11.1. The molecule has 0 radical (unpaired) electrons. The molecule has 0 amide bonds. The second kappa shape index (κ2) is 6.03. The average molecular weight is 234 g/mol. The summed E-state index contributed by atoms with van der Waals surface area (Å²) >= 11 is 0. The van der Waals surface area contributed by atoms with Gasteiger partial charge in [0.2, 0.25) is 0 Å². The lowest BCUT2D eigenvalue weighted by Gasteiger charge is -2.17. The van der Waals surface area contributed by atoms with E-state index in [1.807, 2.05) is 0 Å². The molecule has 0 aromatic carbocycles. The van der Waals surface area contributed by atoms with Crippen LogP contribution in [0.3, 0.4) is 0 Å². The zero-order valence-corrected chi connectivity index (χ0v) is 8.62. The van der Waals surface area contributed by atoms with Crippen molar-refractivity contribution in [2.75, 3.05) is 0 Å². The average Bonchev–Trinajstić information content (AvgIpc) is 2.15. The Labute approximate surface area is 91.2 Å². The van der Waals surface area contributed by atoms with Crippen LogP contribution in [-0.2, 0) is 19.1 Å². The van der Waals surface area contributed by atoms with Gasteiger partial charge in [-0.25, -0.2) is 0 Å². The summed E-state index contributed by atoms with van der Waals surface area (Å²) in [5.41, 5.74) is 10.3. The quantitative estimate of drug-likeness (QED) is 0.390. The Bertz CT molecular complexity index is 292. The van der Waals surface area contributed by atoms with Gasteiger partial charge in [0.15, 0.2) is 0 Å². The predicted octanol–water partition coefficient (Wildman–Crippen LogP) is -1.87. The van der Waals surface area contributed by atoms with E-state index in [-0.39, 0.29) is 0 Å². The van der Waals surface area contributed by atoms with Crippen LogP contribution in [-0.4, -0.2) is 46.3 Å². The molecule has 6 N–H and O–H groups in total. The lowest BCUT2D eigenvalue weighted by atomic mass is 10.2. The molecule has 0 heterocycles. The molecule has 16 heavy (non-hydrogen) atoms. The lowest BCUT2D eigenvalue weighted by Crippen LogP contribution is -2.43. The Morgan fingerprint density at radius 1 is 1.19 bits per heavy atom. The van der Waals surface area contributed by atoms with E-state index in [0.717, 1.165) is 0 Å². The number of aliphatic carboxylic acids is 2. The van der Waals surface area contributed by atoms with Crippen molar-refractivity contribution in [1.29, 1.82) is 0 Å². The van der Waals surface area contributed by atoms with Gasteiger partial charge in [-0.3, -0.25) is 14.4 Å². The van der Waals surface area contributed by atoms with Crippen molar-refractivity contribution < 1.29 is 29.3 Å². The fourth-order valence-corrected chi connectivity index (χ4v) is 0.796. The molecule has 8 heteroatoms. The summed E-state index contributed by atoms with van der Waals surface area (Å²) < 4.78 is 4.61. The first-order valence-electron chi connectivity index (χ1n) is 4.42. The third-order valence-electron chi connectivity index (χ3n) is 1.81. The lowest BCUT2D eigenvalue weighted by molar-refractivity contribution is -0.156. The Hall–Kier alpha value is -1.67. The van der Waals surface area contributed by atoms with E-state index >= 15 is 0 Å². The van der Waals surface area contributed by atoms with Crippen molar-refractivity contribution in [3.05, 3.63) is 0 Å². The van der Waals surface area contributed by atoms with Gasteiger partial charge in [0.05, 0.1) is 6.42 Å². The number of carboxylic acids is 2. The maximum Gasteiger partial charge on any atom is 0.324 e. The molecule has 0 aliphatic carbocycles. The number of hydrogen-bond donors (Lipinski definition) is 4. The Morgan fingerprint density at radius 3 is 2.06 bits per heavy atom. The highest BCUT2D eigenvalue weighted by atomic mass is 16.5. The van der Waals surface area contributed by atoms with Crippen LogP contribution in [0.15, 0.2) is 0 Å². The van der Waals surface area contributed by atoms with E-state index in [0.29, 0.717) is 0 Å². The minimum absolute atomic E-state index is 0.536. The van der Waals surface area contributed by atoms with Crippen molar-refractivity contribution >= 4 is 17.9 Å². The van der Waals surface area contributed by atoms with Crippen LogP contribution < -0.4 is 11.5 Å². The number of rotatable bonds is 6. The molecular weight excluding hydrogens is 220 g/mol. The normalized spacial score (nSPS) is 15.9. The van der Waals surface area contributed by atoms with Gasteiger partial charge in [0.1, 0.15) is 18.2 Å². The van der Waals surface area contributed by atoms with Crippen molar-refractivity contribution in [1.82, 2.24) is 0 Å². The van der Waals surface area contributed by atoms with Gasteiger partial charge in [-0.2, -0.15) is 0 Å². The Kier molecular flexibility index (Phi) is 5.40. The number of carbonyl (C=O) groups excluding carboxylic acids is 1. The monoisotopic (exact) mass is 234 g/mol. The van der Waals surface area contributed by atoms with Crippen molar-refractivity contribution in [2.45, 2.75) is 31.5 Å². The Morgan fingerprint density at radius 2 is 1.69 bits per heavy atom. The first-order chi connectivity index (χ1) is 7.25. The van der Waals surface area contributed by atoms with Crippen molar-refractivity contribution in [2.24, 2.45) is 11.5 Å². The van der Waals surface area contributed by atoms with Gasteiger partial charge in [-0.1, -0.05) is 0 Å². The summed E-state index contributed by atoms with van der Waals surface area (Å²) in [5.74, 6) is -3.56. The summed E-state index contributed by atoms with van der Waals surface area (Å²) in [7, 11) is 0. The maximum absolute atomic E-state index is 11.1. The molecule has 92 valence electrons. The van der Waals surface area contributed by atoms with Gasteiger partial charge in [-0.05, 0) is 6.92 Å². The summed E-state index contributed by atoms with van der Waals surface area (Å²) in [6.07, 6.45) is -1.59. The molecule has 3 atom stereocenters. The predicted molar refractivity (Wildman–Crippen MR) is 51.4 cm³/mol. The van der Waals surface area contributed by atoms with Crippen LogP contribution >= 0.6 is 0 Å². The zero-order chi connectivity index (χ0) is 12.9. The van der Waals surface area contributed by atoms with Crippen molar-refractivity contribution in [3.8, 4) is 0 Å². The first-order valence-corrected chi connectivity index (χ1v) is 4.42. The Balaban J connectivity index is 4.15. The molecule has 0 bridgehead atoms. The van der Waals surface area contributed by atoms with Gasteiger partial charge >= 0.3 is 17.9 Å². The molecule has 0 spiro atoms. The molecule has 0 aromatic rings. The van der Waals surface area contributed by atoms with Crippen LogP contribution in [0.4, 0.5) is 0 Å². The van der Waals surface area contributed by atoms with Gasteiger partial charge < -0.3 is 26.4 Å². The number of ether oxygens (including phenoxy) is 1. The third-order valence-corrected chi connectivity index (χ3v) is 1.81. The van der Waals surface area contributed by atoms with E-state index in [4.69, 9.17) is 21.7 Å². The van der Waals surface area contributed by atoms with Crippen LogP contribution in [0.1, 0.15) is 13.3 Å². The van der Waals surface area contributed by atoms with Gasteiger partial charge in [0, 0.05) is 0 Å². The minimum Gasteiger partial charge on any atom is -0.480 e. The molecular formula is C8H14N2O6. The highest BCUT2D eigenvalue weighted by Gasteiger charge is 2.25. The molecule has 0 aliphatic rings. The molecule has 0 saturated carbocycles. The zero-order valence-electron chi connectivity index (χ0n) is 8.62. The van der Waals surface area contributed by atoms with Crippen LogP contribution in [0, 0.1) is 0 Å². The SMILES string of the molecule is C[C@@H](OC(=O)C[C@H](N)C(=O)O)[C@H](N)C(=O)O. The van der Waals surface area contributed by atoms with E-state index in [9.17, 15) is 14.4 Å². The molecule has 0 rings (SSSR count). The summed E-state index contributed by atoms with van der Waals surface area (Å²) in [6.45, 7) is 1.29.